The van der Waals surface area contributed by atoms with Crippen LogP contribution in [0.1, 0.15) is 12.8 Å². The number of likely N-dealkylation sites (N-methyl/N-ethyl adjacent to an activating group) is 2. The molecule has 138 valence electrons. The van der Waals surface area contributed by atoms with E-state index in [9.17, 15) is 5.26 Å². The maximum absolute atomic E-state index is 9.19. The van der Waals surface area contributed by atoms with E-state index in [1.807, 2.05) is 0 Å². The molecule has 0 bridgehead atoms. The van der Waals surface area contributed by atoms with Crippen molar-refractivity contribution in [3.8, 4) is 6.07 Å². The van der Waals surface area contributed by atoms with Crippen molar-refractivity contribution in [2.75, 3.05) is 60.4 Å². The molecular formula is C21H29N5. The second-order valence-electron chi connectivity index (χ2n) is 8.24. The SMILES string of the molecule is CN1CCN(C2=C3CN(C)CC34CC(=CC#N)CC=C4N(C)C=C2)CC1. The smallest absolute Gasteiger partial charge is 0.0911 e. The van der Waals surface area contributed by atoms with Crippen molar-refractivity contribution in [3.05, 3.63) is 47.0 Å². The van der Waals surface area contributed by atoms with Crippen molar-refractivity contribution in [1.29, 1.82) is 5.26 Å². The molecule has 0 aromatic carbocycles. The average molecular weight is 351 g/mol. The van der Waals surface area contributed by atoms with Gasteiger partial charge < -0.3 is 19.6 Å². The number of nitrogens with zero attached hydrogens (tertiary/aromatic N) is 5. The van der Waals surface area contributed by atoms with Crippen LogP contribution in [-0.4, -0.2) is 80.0 Å². The van der Waals surface area contributed by atoms with Gasteiger partial charge >= 0.3 is 0 Å². The molecule has 26 heavy (non-hydrogen) atoms. The summed E-state index contributed by atoms with van der Waals surface area (Å²) < 4.78 is 0. The second-order valence-corrected chi connectivity index (χ2v) is 8.24. The maximum Gasteiger partial charge on any atom is 0.0911 e. The van der Waals surface area contributed by atoms with Gasteiger partial charge in [-0.2, -0.15) is 5.26 Å². The molecule has 1 spiro atoms. The van der Waals surface area contributed by atoms with Crippen molar-refractivity contribution in [1.82, 2.24) is 19.6 Å². The average Bonchev–Trinajstić information content (AvgIpc) is 2.87. The predicted octanol–water partition coefficient (Wildman–Crippen LogP) is 2.01. The Morgan fingerprint density at radius 1 is 1.12 bits per heavy atom. The van der Waals surface area contributed by atoms with Crippen LogP contribution in [0.15, 0.2) is 47.0 Å². The Balaban J connectivity index is 1.82. The van der Waals surface area contributed by atoms with Crippen molar-refractivity contribution in [2.24, 2.45) is 5.41 Å². The Morgan fingerprint density at radius 3 is 2.62 bits per heavy atom. The molecule has 5 nitrogen and oxygen atoms in total. The lowest BCUT2D eigenvalue weighted by Crippen LogP contribution is -2.44. The Hall–Kier alpha value is -2.03. The quantitative estimate of drug-likeness (QED) is 0.676. The summed E-state index contributed by atoms with van der Waals surface area (Å²) in [5.74, 6) is 0. The van der Waals surface area contributed by atoms with Crippen LogP contribution in [0.2, 0.25) is 0 Å². The molecule has 0 N–H and O–H groups in total. The van der Waals surface area contributed by atoms with Gasteiger partial charge in [0.1, 0.15) is 0 Å². The highest BCUT2D eigenvalue weighted by Gasteiger charge is 2.49. The van der Waals surface area contributed by atoms with E-state index in [-0.39, 0.29) is 5.41 Å². The first-order valence-corrected chi connectivity index (χ1v) is 9.58. The van der Waals surface area contributed by atoms with Gasteiger partial charge in [-0.05, 0) is 38.6 Å². The summed E-state index contributed by atoms with van der Waals surface area (Å²) in [6, 6.07) is 2.26. The Morgan fingerprint density at radius 2 is 1.88 bits per heavy atom. The van der Waals surface area contributed by atoms with Crippen LogP contribution in [0.3, 0.4) is 0 Å². The summed E-state index contributed by atoms with van der Waals surface area (Å²) >= 11 is 0. The minimum absolute atomic E-state index is 0.00656. The standard InChI is InChI=1S/C21H29N5/c1-23-10-12-26(13-11-23)19-7-9-25(3)20-5-4-17(6-8-22)14-21(20)16-24(2)15-18(19)21/h5-7,9H,4,10-16H2,1-3H3. The molecule has 1 atom stereocenters. The van der Waals surface area contributed by atoms with Gasteiger partial charge in [0.15, 0.2) is 0 Å². The van der Waals surface area contributed by atoms with E-state index in [1.54, 1.807) is 11.6 Å². The summed E-state index contributed by atoms with van der Waals surface area (Å²) in [4.78, 5) is 9.74. The van der Waals surface area contributed by atoms with Crippen LogP contribution >= 0.6 is 0 Å². The van der Waals surface area contributed by atoms with Crippen molar-refractivity contribution in [2.45, 2.75) is 12.8 Å². The number of nitriles is 1. The summed E-state index contributed by atoms with van der Waals surface area (Å²) in [5, 5.41) is 9.19. The third kappa shape index (κ3) is 2.78. The maximum atomic E-state index is 9.19. The van der Waals surface area contributed by atoms with Crippen LogP contribution in [0.4, 0.5) is 0 Å². The Labute approximate surface area is 157 Å². The molecule has 2 fully saturated rings. The molecule has 5 heteroatoms. The lowest BCUT2D eigenvalue weighted by atomic mass is 9.69. The molecule has 1 aliphatic carbocycles. The van der Waals surface area contributed by atoms with Crippen molar-refractivity contribution in [3.63, 3.8) is 0 Å². The zero-order valence-corrected chi connectivity index (χ0v) is 16.2. The number of allylic oxidation sites excluding steroid dienone is 4. The zero-order valence-electron chi connectivity index (χ0n) is 16.2. The minimum Gasteiger partial charge on any atom is -0.369 e. The highest BCUT2D eigenvalue weighted by Crippen LogP contribution is 2.53. The topological polar surface area (TPSA) is 36.8 Å². The number of rotatable bonds is 1. The Bertz CT molecular complexity index is 745. The summed E-state index contributed by atoms with van der Waals surface area (Å²) in [7, 11) is 6.60. The molecule has 1 unspecified atom stereocenters. The number of piperazine rings is 1. The van der Waals surface area contributed by atoms with Gasteiger partial charge in [-0.25, -0.2) is 0 Å². The van der Waals surface area contributed by atoms with Gasteiger partial charge in [-0.1, -0.05) is 11.6 Å². The lowest BCUT2D eigenvalue weighted by Gasteiger charge is -2.42. The number of likely N-dealkylation sites (tertiary alicyclic amines) is 1. The fourth-order valence-corrected chi connectivity index (χ4v) is 5.12. The third-order valence-electron chi connectivity index (χ3n) is 6.38. The predicted molar refractivity (Wildman–Crippen MR) is 104 cm³/mol. The van der Waals surface area contributed by atoms with Gasteiger partial charge in [0.25, 0.3) is 0 Å². The zero-order chi connectivity index (χ0) is 18.3. The molecule has 3 aliphatic heterocycles. The number of hydrogen-bond donors (Lipinski definition) is 0. The molecule has 0 aromatic rings. The van der Waals surface area contributed by atoms with Gasteiger partial charge in [0.2, 0.25) is 0 Å². The van der Waals surface area contributed by atoms with E-state index < -0.39 is 0 Å². The molecule has 0 saturated carbocycles. The molecule has 0 aromatic heterocycles. The van der Waals surface area contributed by atoms with E-state index in [2.05, 4.69) is 65.2 Å². The van der Waals surface area contributed by atoms with E-state index in [0.29, 0.717) is 0 Å². The molecule has 4 aliphatic rings. The van der Waals surface area contributed by atoms with Crippen molar-refractivity contribution < 1.29 is 0 Å². The summed E-state index contributed by atoms with van der Waals surface area (Å²) in [6.07, 6.45) is 10.5. The van der Waals surface area contributed by atoms with E-state index >= 15 is 0 Å². The molecule has 3 heterocycles. The molecule has 0 radical (unpaired) electrons. The Kier molecular flexibility index (Phi) is 4.42. The van der Waals surface area contributed by atoms with Gasteiger partial charge in [0, 0.05) is 70.0 Å². The first-order chi connectivity index (χ1) is 12.5. The van der Waals surface area contributed by atoms with Gasteiger partial charge in [-0.15, -0.1) is 0 Å². The number of hydrogen-bond acceptors (Lipinski definition) is 5. The van der Waals surface area contributed by atoms with E-state index in [1.165, 1.54) is 17.0 Å². The van der Waals surface area contributed by atoms with Crippen molar-refractivity contribution >= 4 is 0 Å². The molecule has 2 saturated heterocycles. The summed E-state index contributed by atoms with van der Waals surface area (Å²) in [6.45, 7) is 6.45. The normalized spacial score (nSPS) is 31.6. The molecule has 4 rings (SSSR count). The fourth-order valence-electron chi connectivity index (χ4n) is 5.12. The third-order valence-corrected chi connectivity index (χ3v) is 6.38. The first kappa shape index (κ1) is 17.4. The van der Waals surface area contributed by atoms with Crippen LogP contribution in [0, 0.1) is 16.7 Å². The molecule has 0 amide bonds. The fraction of sp³-hybridized carbons (Fsp3) is 0.571. The first-order valence-electron chi connectivity index (χ1n) is 9.58. The van der Waals surface area contributed by atoms with E-state index in [0.717, 1.165) is 52.1 Å². The van der Waals surface area contributed by atoms with E-state index in [4.69, 9.17) is 0 Å². The highest BCUT2D eigenvalue weighted by molar-refractivity contribution is 5.47. The summed E-state index contributed by atoms with van der Waals surface area (Å²) in [5.41, 5.74) is 5.63. The second kappa shape index (κ2) is 6.61. The van der Waals surface area contributed by atoms with Gasteiger partial charge in [0.05, 0.1) is 11.5 Å². The molecular weight excluding hydrogens is 322 g/mol. The van der Waals surface area contributed by atoms with Crippen LogP contribution in [0.5, 0.6) is 0 Å². The van der Waals surface area contributed by atoms with Crippen LogP contribution in [-0.2, 0) is 0 Å². The lowest BCUT2D eigenvalue weighted by molar-refractivity contribution is 0.187. The van der Waals surface area contributed by atoms with Crippen LogP contribution in [0.25, 0.3) is 0 Å². The van der Waals surface area contributed by atoms with Gasteiger partial charge in [-0.3, -0.25) is 0 Å². The minimum atomic E-state index is 0.00656. The van der Waals surface area contributed by atoms with Crippen LogP contribution < -0.4 is 0 Å². The largest absolute Gasteiger partial charge is 0.369 e. The highest BCUT2D eigenvalue weighted by atomic mass is 15.3. The monoisotopic (exact) mass is 351 g/mol.